The van der Waals surface area contributed by atoms with Crippen molar-refractivity contribution in [3.8, 4) is 0 Å². The molecule has 0 saturated carbocycles. The molecular weight excluding hydrogens is 181 g/mol. The van der Waals surface area contributed by atoms with Gasteiger partial charge in [0.2, 0.25) is 0 Å². The van der Waals surface area contributed by atoms with Crippen molar-refractivity contribution in [1.82, 2.24) is 6.15 Å². The number of rotatable bonds is 0. The second-order valence-electron chi connectivity index (χ2n) is 2.52. The highest BCUT2D eigenvalue weighted by Crippen LogP contribution is 2.35. The lowest BCUT2D eigenvalue weighted by Gasteiger charge is -2.18. The van der Waals surface area contributed by atoms with E-state index in [1.807, 2.05) is 18.2 Å². The summed E-state index contributed by atoms with van der Waals surface area (Å²) in [4.78, 5) is 0. The van der Waals surface area contributed by atoms with Gasteiger partial charge in [0.05, 0.1) is 5.38 Å². The fourth-order valence-electron chi connectivity index (χ4n) is 1.23. The number of benzene rings is 1. The molecule has 0 radical (unpaired) electrons. The second-order valence-corrected chi connectivity index (χ2v) is 3.46. The van der Waals surface area contributed by atoms with Crippen molar-refractivity contribution in [2.24, 2.45) is 0 Å². The third-order valence-electron chi connectivity index (χ3n) is 1.84. The highest BCUT2D eigenvalue weighted by Gasteiger charge is 2.17. The van der Waals surface area contributed by atoms with Gasteiger partial charge in [0.1, 0.15) is 0 Å². The van der Waals surface area contributed by atoms with Gasteiger partial charge >= 0.3 is 0 Å². The zero-order chi connectivity index (χ0) is 7.14. The molecule has 0 fully saturated rings. The number of fused-ring (bicyclic) bond motifs is 3. The van der Waals surface area contributed by atoms with E-state index in [0.29, 0.717) is 0 Å². The first-order valence-corrected chi connectivity index (χ1v) is 4.01. The monoisotopic (exact) mass is 189 g/mol. The van der Waals surface area contributed by atoms with E-state index in [1.165, 1.54) is 0 Å². The van der Waals surface area contributed by atoms with Crippen molar-refractivity contribution < 1.29 is 0 Å². The van der Waals surface area contributed by atoms with Crippen LogP contribution in [0.5, 0.6) is 0 Å². The number of halogens is 2. The lowest BCUT2D eigenvalue weighted by molar-refractivity contribution is 0.884. The molecule has 0 saturated heterocycles. The van der Waals surface area contributed by atoms with Gasteiger partial charge in [0.15, 0.2) is 0 Å². The standard InChI is InChI=1S/C8H6Cl2.H3N/c9-7-4-6-2-1-5(7)3-8(6)10;/h1-3,7H,4H2;1H3. The van der Waals surface area contributed by atoms with Crippen molar-refractivity contribution in [3.63, 3.8) is 0 Å². The molecule has 1 aromatic rings. The minimum absolute atomic E-state index is 0. The van der Waals surface area contributed by atoms with Gasteiger partial charge in [-0.1, -0.05) is 23.7 Å². The molecule has 2 bridgehead atoms. The van der Waals surface area contributed by atoms with E-state index in [2.05, 4.69) is 0 Å². The minimum atomic E-state index is 0. The summed E-state index contributed by atoms with van der Waals surface area (Å²) < 4.78 is 0. The molecule has 3 N–H and O–H groups in total. The number of alkyl halides is 1. The van der Waals surface area contributed by atoms with Gasteiger partial charge in [-0.2, -0.15) is 0 Å². The van der Waals surface area contributed by atoms with Crippen LogP contribution in [0.2, 0.25) is 5.02 Å². The molecule has 11 heavy (non-hydrogen) atoms. The molecule has 3 rings (SSSR count). The Hall–Kier alpha value is -0.240. The normalized spacial score (nSPS) is 19.6. The Morgan fingerprint density at radius 3 is 2.36 bits per heavy atom. The first-order chi connectivity index (χ1) is 4.77. The van der Waals surface area contributed by atoms with E-state index in [9.17, 15) is 0 Å². The predicted molar refractivity (Wildman–Crippen MR) is 48.8 cm³/mol. The third kappa shape index (κ3) is 1.36. The molecule has 0 spiro atoms. The van der Waals surface area contributed by atoms with E-state index >= 15 is 0 Å². The maximum absolute atomic E-state index is 5.97. The molecular formula is C8H9Cl2N. The molecule has 1 unspecified atom stereocenters. The number of hydrogen-bond donors (Lipinski definition) is 1. The van der Waals surface area contributed by atoms with Crippen LogP contribution in [-0.4, -0.2) is 0 Å². The van der Waals surface area contributed by atoms with Crippen molar-refractivity contribution in [1.29, 1.82) is 0 Å². The van der Waals surface area contributed by atoms with Gasteiger partial charge in [0.25, 0.3) is 0 Å². The second kappa shape index (κ2) is 3.02. The maximum atomic E-state index is 5.97. The Labute approximate surface area is 75.9 Å². The Kier molecular flexibility index (Phi) is 2.43. The molecule has 2 aliphatic rings. The summed E-state index contributed by atoms with van der Waals surface area (Å²) in [6.07, 6.45) is 0.892. The first-order valence-electron chi connectivity index (χ1n) is 3.20. The fourth-order valence-corrected chi connectivity index (χ4v) is 1.80. The average Bonchev–Trinajstić information content (AvgIpc) is 1.91. The summed E-state index contributed by atoms with van der Waals surface area (Å²) >= 11 is 11.8. The van der Waals surface area contributed by atoms with E-state index in [0.717, 1.165) is 22.6 Å². The van der Waals surface area contributed by atoms with E-state index in [-0.39, 0.29) is 11.5 Å². The van der Waals surface area contributed by atoms with Gasteiger partial charge in [-0.05, 0) is 23.6 Å². The smallest absolute Gasteiger partial charge is 0.0626 e. The molecule has 0 heterocycles. The zero-order valence-corrected chi connectivity index (χ0v) is 7.49. The molecule has 3 heteroatoms. The topological polar surface area (TPSA) is 35.0 Å². The molecule has 1 atom stereocenters. The Morgan fingerprint density at radius 2 is 2.09 bits per heavy atom. The lowest BCUT2D eigenvalue weighted by atomic mass is 9.96. The maximum Gasteiger partial charge on any atom is 0.0626 e. The van der Waals surface area contributed by atoms with Crippen LogP contribution < -0.4 is 6.15 Å². The summed E-state index contributed by atoms with van der Waals surface area (Å²) in [5, 5.41) is 1.01. The van der Waals surface area contributed by atoms with Crippen LogP contribution in [0.4, 0.5) is 0 Å². The lowest BCUT2D eigenvalue weighted by Crippen LogP contribution is -2.03. The largest absolute Gasteiger partial charge is 0.344 e. The van der Waals surface area contributed by atoms with Gasteiger partial charge in [-0.15, -0.1) is 11.6 Å². The SMILES string of the molecule is Clc1cc2ccc1CC2Cl.N. The third-order valence-corrected chi connectivity index (χ3v) is 2.60. The predicted octanol–water partition coefficient (Wildman–Crippen LogP) is 3.34. The average molecular weight is 190 g/mol. The molecule has 0 amide bonds. The van der Waals surface area contributed by atoms with E-state index < -0.39 is 0 Å². The molecule has 1 nitrogen and oxygen atoms in total. The van der Waals surface area contributed by atoms with Gasteiger partial charge in [0, 0.05) is 5.02 Å². The molecule has 60 valence electrons. The van der Waals surface area contributed by atoms with Crippen molar-refractivity contribution in [2.75, 3.05) is 0 Å². The Morgan fingerprint density at radius 1 is 1.36 bits per heavy atom. The highest BCUT2D eigenvalue weighted by atomic mass is 35.5. The first kappa shape index (κ1) is 8.85. The van der Waals surface area contributed by atoms with E-state index in [4.69, 9.17) is 23.2 Å². The highest BCUT2D eigenvalue weighted by molar-refractivity contribution is 6.32. The Balaban J connectivity index is 0.000000605. The van der Waals surface area contributed by atoms with Crippen LogP contribution in [0.3, 0.4) is 0 Å². The molecule has 0 aliphatic heterocycles. The van der Waals surface area contributed by atoms with Gasteiger partial charge < -0.3 is 6.15 Å². The molecule has 0 aromatic heterocycles. The molecule has 2 aliphatic carbocycles. The Bertz CT molecular complexity index is 273. The molecule has 1 aromatic carbocycles. The zero-order valence-electron chi connectivity index (χ0n) is 5.98. The summed E-state index contributed by atoms with van der Waals surface area (Å²) in [6, 6.07) is 6.01. The summed E-state index contributed by atoms with van der Waals surface area (Å²) in [7, 11) is 0. The van der Waals surface area contributed by atoms with Crippen LogP contribution in [0.1, 0.15) is 16.5 Å². The van der Waals surface area contributed by atoms with Gasteiger partial charge in [-0.3, -0.25) is 0 Å². The summed E-state index contributed by atoms with van der Waals surface area (Å²) in [6.45, 7) is 0. The van der Waals surface area contributed by atoms with Crippen LogP contribution in [-0.2, 0) is 6.42 Å². The van der Waals surface area contributed by atoms with Gasteiger partial charge in [-0.25, -0.2) is 0 Å². The van der Waals surface area contributed by atoms with Crippen LogP contribution in [0.25, 0.3) is 0 Å². The summed E-state index contributed by atoms with van der Waals surface area (Å²) in [5.41, 5.74) is 2.30. The van der Waals surface area contributed by atoms with Crippen LogP contribution >= 0.6 is 23.2 Å². The van der Waals surface area contributed by atoms with Crippen LogP contribution in [0, 0.1) is 0 Å². The van der Waals surface area contributed by atoms with Crippen molar-refractivity contribution >= 4 is 23.2 Å². The van der Waals surface area contributed by atoms with Crippen molar-refractivity contribution in [3.05, 3.63) is 34.3 Å². The van der Waals surface area contributed by atoms with Crippen molar-refractivity contribution in [2.45, 2.75) is 11.8 Å². The van der Waals surface area contributed by atoms with E-state index in [1.54, 1.807) is 0 Å². The van der Waals surface area contributed by atoms with Crippen LogP contribution in [0.15, 0.2) is 18.2 Å². The summed E-state index contributed by atoms with van der Waals surface area (Å²) in [5.74, 6) is 0. The quantitative estimate of drug-likeness (QED) is 0.625. The minimum Gasteiger partial charge on any atom is -0.344 e. The fraction of sp³-hybridized carbons (Fsp3) is 0.250. The number of hydrogen-bond acceptors (Lipinski definition) is 1.